The van der Waals surface area contributed by atoms with E-state index in [1.165, 1.54) is 36.9 Å². The molecule has 0 unspecified atom stereocenters. The predicted molar refractivity (Wildman–Crippen MR) is 165 cm³/mol. The molecule has 2 fully saturated rings. The summed E-state index contributed by atoms with van der Waals surface area (Å²) in [5.41, 5.74) is 13.9. The molecule has 6 heterocycles. The zero-order valence-electron chi connectivity index (χ0n) is 25.0. The number of phosphoric ester groups is 1. The van der Waals surface area contributed by atoms with Crippen LogP contribution >= 0.6 is 7.82 Å². The zero-order chi connectivity index (χ0) is 32.8. The highest BCUT2D eigenvalue weighted by Crippen LogP contribution is 2.51. The molecular formula is C27H31N10O8PS. The number of sulfone groups is 1. The minimum Gasteiger partial charge on any atom is -0.404 e. The molecule has 20 heteroatoms. The first-order valence-electron chi connectivity index (χ1n) is 14.6. The Bertz CT molecular complexity index is 1970. The quantitative estimate of drug-likeness (QED) is 0.190. The van der Waals surface area contributed by atoms with E-state index >= 15 is 0 Å². The van der Waals surface area contributed by atoms with Crippen LogP contribution in [0.1, 0.15) is 38.1 Å². The van der Waals surface area contributed by atoms with E-state index in [1.807, 2.05) is 0 Å². The van der Waals surface area contributed by atoms with Crippen molar-refractivity contribution in [2.24, 2.45) is 0 Å². The van der Waals surface area contributed by atoms with Gasteiger partial charge >= 0.3 is 7.82 Å². The van der Waals surface area contributed by atoms with Gasteiger partial charge in [-0.2, -0.15) is 0 Å². The topological polar surface area (TPSA) is 237 Å². The van der Waals surface area contributed by atoms with Crippen LogP contribution in [0, 0.1) is 0 Å². The van der Waals surface area contributed by atoms with Gasteiger partial charge in [0.25, 0.3) is 0 Å². The van der Waals surface area contributed by atoms with Crippen molar-refractivity contribution in [2.75, 3.05) is 30.9 Å². The van der Waals surface area contributed by atoms with Crippen molar-refractivity contribution in [1.82, 2.24) is 39.0 Å². The number of phosphoric acid groups is 1. The van der Waals surface area contributed by atoms with Gasteiger partial charge in [-0.15, -0.1) is 0 Å². The third-order valence-electron chi connectivity index (χ3n) is 7.87. The van der Waals surface area contributed by atoms with Crippen molar-refractivity contribution < 1.29 is 36.0 Å². The summed E-state index contributed by atoms with van der Waals surface area (Å²) in [6.07, 6.45) is 7.63. The smallest absolute Gasteiger partial charge is 0.404 e. The summed E-state index contributed by atoms with van der Waals surface area (Å²) in [5, 5.41) is 0. The highest BCUT2D eigenvalue weighted by molar-refractivity contribution is 7.90. The Kier molecular flexibility index (Phi) is 8.27. The van der Waals surface area contributed by atoms with Crippen LogP contribution in [0.15, 0.2) is 54.5 Å². The number of nitrogens with zero attached hydrogens (tertiary/aromatic N) is 8. The first kappa shape index (κ1) is 31.3. The molecule has 2 saturated heterocycles. The second-order valence-electron chi connectivity index (χ2n) is 11.1. The number of hydrogen-bond acceptors (Lipinski definition) is 16. The monoisotopic (exact) mass is 686 g/mol. The van der Waals surface area contributed by atoms with Crippen LogP contribution in [0.2, 0.25) is 0 Å². The molecule has 0 aliphatic carbocycles. The summed E-state index contributed by atoms with van der Waals surface area (Å²) in [6.45, 7) is -0.232. The van der Waals surface area contributed by atoms with Gasteiger partial charge in [-0.25, -0.2) is 42.9 Å². The Hall–Kier alpha value is -4.26. The van der Waals surface area contributed by atoms with E-state index in [4.69, 9.17) is 34.5 Å². The Balaban J connectivity index is 1.03. The van der Waals surface area contributed by atoms with Gasteiger partial charge in [0.05, 0.1) is 43.0 Å². The van der Waals surface area contributed by atoms with Gasteiger partial charge in [-0.05, 0) is 49.9 Å². The van der Waals surface area contributed by atoms with E-state index in [9.17, 15) is 13.0 Å². The number of nitrogens with two attached hydrogens (primary N) is 2. The molecular weight excluding hydrogens is 655 g/mol. The van der Waals surface area contributed by atoms with Crippen LogP contribution in [-0.2, 0) is 32.9 Å². The maximum Gasteiger partial charge on any atom is 0.530 e. The second kappa shape index (κ2) is 12.4. The first-order chi connectivity index (χ1) is 22.6. The van der Waals surface area contributed by atoms with E-state index in [1.54, 1.807) is 21.8 Å². The molecule has 248 valence electrons. The Morgan fingerprint density at radius 1 is 0.787 bits per heavy atom. The number of imidazole rings is 2. The molecule has 47 heavy (non-hydrogen) atoms. The number of ether oxygens (including phenoxy) is 2. The largest absolute Gasteiger partial charge is 0.530 e. The standard InChI is InChI=1S/C27H31N10O8PS/c1-47(39,40)19-6-2-16(3-7-19)45-46(38,41-10-17-4-8-20(43-17)36-14-34-22-24(28)30-12-32-26(22)36)42-11-18-5-9-21(44-18)37-15-35-23-25(29)31-13-33-27(23)37/h2-3,6-7,12-15,17-18,20-21H,4-5,8-11H2,1H3,(H2,28,30,32)(H2,29,31,33)/t17-,18-,20+,21+/m0/s1. The van der Waals surface area contributed by atoms with Crippen molar-refractivity contribution >= 4 is 51.6 Å². The molecule has 0 spiro atoms. The predicted octanol–water partition coefficient (Wildman–Crippen LogP) is 2.81. The lowest BCUT2D eigenvalue weighted by molar-refractivity contribution is -0.0334. The lowest BCUT2D eigenvalue weighted by Gasteiger charge is -2.22. The van der Waals surface area contributed by atoms with E-state index in [2.05, 4.69) is 29.9 Å². The van der Waals surface area contributed by atoms with Gasteiger partial charge in [0.2, 0.25) is 0 Å². The van der Waals surface area contributed by atoms with Gasteiger partial charge in [0, 0.05) is 6.26 Å². The number of nitrogen functional groups attached to an aromatic ring is 2. The Morgan fingerprint density at radius 3 is 1.74 bits per heavy atom. The van der Waals surface area contributed by atoms with E-state index in [-0.39, 0.29) is 35.5 Å². The van der Waals surface area contributed by atoms with E-state index in [0.29, 0.717) is 48.0 Å². The zero-order valence-corrected chi connectivity index (χ0v) is 26.7. The first-order valence-corrected chi connectivity index (χ1v) is 18.0. The minimum absolute atomic E-state index is 0.0791. The Morgan fingerprint density at radius 2 is 1.28 bits per heavy atom. The third-order valence-corrected chi connectivity index (χ3v) is 10.4. The van der Waals surface area contributed by atoms with Gasteiger partial charge < -0.3 is 25.5 Å². The SMILES string of the molecule is CS(=O)(=O)c1ccc(OP(=O)(OC[C@@H]2CC[C@H](n3cnc4c(N)ncnc43)O2)OC[C@@H]2CC[C@H](n3cnc4c(N)ncnc43)O2)cc1. The van der Waals surface area contributed by atoms with Gasteiger partial charge in [-0.3, -0.25) is 18.2 Å². The van der Waals surface area contributed by atoms with Crippen LogP contribution in [-0.4, -0.2) is 79.1 Å². The van der Waals surface area contributed by atoms with Crippen molar-refractivity contribution in [1.29, 1.82) is 0 Å². The molecule has 0 bridgehead atoms. The summed E-state index contributed by atoms with van der Waals surface area (Å²) in [7, 11) is -7.72. The van der Waals surface area contributed by atoms with Crippen LogP contribution in [0.25, 0.3) is 22.3 Å². The lowest BCUT2D eigenvalue weighted by Crippen LogP contribution is -2.20. The van der Waals surface area contributed by atoms with Crippen LogP contribution in [0.5, 0.6) is 5.75 Å². The van der Waals surface area contributed by atoms with E-state index < -0.39 is 42.3 Å². The molecule has 1 aromatic carbocycles. The third kappa shape index (κ3) is 6.50. The average Bonchev–Trinajstić information content (AvgIpc) is 3.85. The molecule has 18 nitrogen and oxygen atoms in total. The molecule has 0 saturated carbocycles. The van der Waals surface area contributed by atoms with Crippen LogP contribution in [0.3, 0.4) is 0 Å². The second-order valence-corrected chi connectivity index (χ2v) is 14.7. The molecule has 4 N–H and O–H groups in total. The minimum atomic E-state index is -4.27. The summed E-state index contributed by atoms with van der Waals surface area (Å²) in [6, 6.07) is 5.47. The summed E-state index contributed by atoms with van der Waals surface area (Å²) in [4.78, 5) is 25.2. The number of hydrogen-bond donors (Lipinski definition) is 2. The Labute approximate surface area is 267 Å². The molecule has 4 atom stereocenters. The van der Waals surface area contributed by atoms with Gasteiger partial charge in [-0.1, -0.05) is 0 Å². The molecule has 7 rings (SSSR count). The fourth-order valence-electron chi connectivity index (χ4n) is 5.51. The number of aromatic nitrogens is 8. The number of anilines is 2. The molecule has 0 radical (unpaired) electrons. The number of benzene rings is 1. The van der Waals surface area contributed by atoms with Crippen LogP contribution < -0.4 is 16.0 Å². The number of rotatable bonds is 11. The molecule has 5 aromatic rings. The average molecular weight is 687 g/mol. The van der Waals surface area contributed by atoms with Crippen molar-refractivity contribution in [2.45, 2.75) is 55.2 Å². The van der Waals surface area contributed by atoms with Crippen molar-refractivity contribution in [3.05, 3.63) is 49.6 Å². The van der Waals surface area contributed by atoms with Crippen molar-refractivity contribution in [3.8, 4) is 5.75 Å². The lowest BCUT2D eigenvalue weighted by atomic mass is 10.2. The fraction of sp³-hybridized carbons (Fsp3) is 0.407. The molecule has 2 aliphatic rings. The van der Waals surface area contributed by atoms with Crippen LogP contribution in [0.4, 0.5) is 11.6 Å². The van der Waals surface area contributed by atoms with E-state index in [0.717, 1.165) is 6.26 Å². The molecule has 4 aromatic heterocycles. The maximum atomic E-state index is 14.0. The number of fused-ring (bicyclic) bond motifs is 2. The molecule has 0 amide bonds. The summed E-state index contributed by atoms with van der Waals surface area (Å²) in [5.74, 6) is 0.627. The summed E-state index contributed by atoms with van der Waals surface area (Å²) < 4.78 is 71.1. The highest BCUT2D eigenvalue weighted by atomic mass is 32.2. The van der Waals surface area contributed by atoms with Gasteiger partial charge in [0.15, 0.2) is 32.8 Å². The summed E-state index contributed by atoms with van der Waals surface area (Å²) >= 11 is 0. The highest BCUT2D eigenvalue weighted by Gasteiger charge is 2.37. The van der Waals surface area contributed by atoms with Gasteiger partial charge in [0.1, 0.15) is 41.9 Å². The molecule has 2 aliphatic heterocycles. The normalized spacial score (nSPS) is 22.0. The fourth-order valence-corrected chi connectivity index (χ4v) is 7.39. The maximum absolute atomic E-state index is 14.0. The van der Waals surface area contributed by atoms with Crippen molar-refractivity contribution in [3.63, 3.8) is 0 Å².